The number of hydrogen-bond acceptors (Lipinski definition) is 8. The van der Waals surface area contributed by atoms with Gasteiger partial charge in [0.25, 0.3) is 5.91 Å². The Morgan fingerprint density at radius 3 is 2.95 bits per heavy atom. The summed E-state index contributed by atoms with van der Waals surface area (Å²) in [5.41, 5.74) is 11.8. The number of nitrogen functional groups attached to an aromatic ring is 1. The van der Waals surface area contributed by atoms with Crippen molar-refractivity contribution in [3.05, 3.63) is 16.0 Å². The first kappa shape index (κ1) is 14.2. The fourth-order valence-corrected chi connectivity index (χ4v) is 3.72. The van der Waals surface area contributed by atoms with Crippen LogP contribution in [0.3, 0.4) is 0 Å². The van der Waals surface area contributed by atoms with Crippen molar-refractivity contribution in [1.82, 2.24) is 9.97 Å². The maximum absolute atomic E-state index is 12.2. The number of nitrogens with two attached hydrogens (primary N) is 2. The first-order valence-corrected chi connectivity index (χ1v) is 8.17. The van der Waals surface area contributed by atoms with E-state index in [9.17, 15) is 4.79 Å². The van der Waals surface area contributed by atoms with E-state index in [1.54, 1.807) is 6.20 Å². The lowest BCUT2D eigenvalue weighted by molar-refractivity contribution is 0.103. The number of carbonyl (C=O) groups excluding carboxylic acids is 1. The fourth-order valence-electron chi connectivity index (χ4n) is 2.15. The predicted molar refractivity (Wildman–Crippen MR) is 86.1 cm³/mol. The van der Waals surface area contributed by atoms with E-state index >= 15 is 0 Å². The molecule has 0 bridgehead atoms. The smallest absolute Gasteiger partial charge is 0.271 e. The Hall–Kier alpha value is -1.71. The summed E-state index contributed by atoms with van der Waals surface area (Å²) in [6.45, 7) is 3.53. The molecule has 5 N–H and O–H groups in total. The summed E-state index contributed by atoms with van der Waals surface area (Å²) in [5, 5.41) is 4.06. The molecular formula is C12H16N6OS2. The zero-order valence-electron chi connectivity index (χ0n) is 11.5. The minimum atomic E-state index is -0.269. The van der Waals surface area contributed by atoms with E-state index in [1.165, 1.54) is 22.7 Å². The number of aromatic nitrogens is 2. The molecule has 1 aliphatic rings. The predicted octanol–water partition coefficient (Wildman–Crippen LogP) is 1.28. The maximum atomic E-state index is 12.2. The molecule has 0 aromatic carbocycles. The molecular weight excluding hydrogens is 308 g/mol. The molecule has 1 atom stereocenters. The molecule has 1 saturated heterocycles. The molecule has 7 nitrogen and oxygen atoms in total. The Morgan fingerprint density at radius 2 is 2.33 bits per heavy atom. The van der Waals surface area contributed by atoms with Gasteiger partial charge in [0, 0.05) is 30.2 Å². The molecule has 1 unspecified atom stereocenters. The van der Waals surface area contributed by atoms with E-state index in [2.05, 4.69) is 20.2 Å². The van der Waals surface area contributed by atoms with E-state index in [-0.39, 0.29) is 17.8 Å². The van der Waals surface area contributed by atoms with E-state index in [0.29, 0.717) is 10.0 Å². The summed E-state index contributed by atoms with van der Waals surface area (Å²) in [5.74, 6) is -0.0182. The molecule has 3 rings (SSSR count). The molecule has 21 heavy (non-hydrogen) atoms. The summed E-state index contributed by atoms with van der Waals surface area (Å²) in [6.07, 6.45) is 2.65. The molecule has 2 aromatic rings. The van der Waals surface area contributed by atoms with Gasteiger partial charge in [-0.25, -0.2) is 9.97 Å². The second-order valence-electron chi connectivity index (χ2n) is 4.94. The average molecular weight is 324 g/mol. The van der Waals surface area contributed by atoms with Gasteiger partial charge >= 0.3 is 0 Å². The Morgan fingerprint density at radius 1 is 1.52 bits per heavy atom. The monoisotopic (exact) mass is 324 g/mol. The zero-order chi connectivity index (χ0) is 15.0. The van der Waals surface area contributed by atoms with Crippen LogP contribution in [0, 0.1) is 6.92 Å². The van der Waals surface area contributed by atoms with Crippen molar-refractivity contribution < 1.29 is 4.79 Å². The van der Waals surface area contributed by atoms with E-state index in [1.807, 2.05) is 6.92 Å². The van der Waals surface area contributed by atoms with Gasteiger partial charge < -0.3 is 16.4 Å². The van der Waals surface area contributed by atoms with Crippen LogP contribution in [0.15, 0.2) is 6.20 Å². The van der Waals surface area contributed by atoms with Crippen LogP contribution in [0.4, 0.5) is 16.1 Å². The topological polar surface area (TPSA) is 110 Å². The average Bonchev–Trinajstić information content (AvgIpc) is 3.11. The van der Waals surface area contributed by atoms with Gasteiger partial charge in [0.15, 0.2) is 10.3 Å². The third-order valence-corrected chi connectivity index (χ3v) is 5.14. The van der Waals surface area contributed by atoms with Crippen molar-refractivity contribution in [3.8, 4) is 0 Å². The lowest BCUT2D eigenvalue weighted by Gasteiger charge is -2.12. The summed E-state index contributed by atoms with van der Waals surface area (Å²) in [7, 11) is 0. The van der Waals surface area contributed by atoms with Gasteiger partial charge in [-0.1, -0.05) is 11.3 Å². The highest BCUT2D eigenvalue weighted by atomic mass is 32.1. The van der Waals surface area contributed by atoms with Crippen molar-refractivity contribution in [2.45, 2.75) is 19.4 Å². The molecule has 112 valence electrons. The minimum Gasteiger partial charge on any atom is -0.382 e. The van der Waals surface area contributed by atoms with Gasteiger partial charge in [-0.2, -0.15) is 0 Å². The number of anilines is 3. The van der Waals surface area contributed by atoms with Gasteiger partial charge in [0.1, 0.15) is 10.7 Å². The lowest BCUT2D eigenvalue weighted by atomic mass is 10.3. The van der Waals surface area contributed by atoms with Crippen molar-refractivity contribution in [2.24, 2.45) is 5.73 Å². The lowest BCUT2D eigenvalue weighted by Crippen LogP contribution is -2.26. The summed E-state index contributed by atoms with van der Waals surface area (Å²) >= 11 is 2.71. The highest BCUT2D eigenvalue weighted by Gasteiger charge is 2.25. The Balaban J connectivity index is 1.76. The second-order valence-corrected chi connectivity index (χ2v) is 7.15. The molecule has 9 heteroatoms. The summed E-state index contributed by atoms with van der Waals surface area (Å²) in [4.78, 5) is 24.1. The number of nitrogens with one attached hydrogen (secondary N) is 1. The molecule has 1 aliphatic heterocycles. The van der Waals surface area contributed by atoms with Gasteiger partial charge in [0.2, 0.25) is 0 Å². The summed E-state index contributed by atoms with van der Waals surface area (Å²) in [6, 6.07) is 0.158. The first-order valence-electron chi connectivity index (χ1n) is 6.53. The standard InChI is InChI=1S/C12H16N6OS2/c1-6-4-15-11(20-6)17-10(19)8-9(14)16-12(21-8)18-3-2-7(13)5-18/h4,7H,2-3,5,13-14H2,1H3,(H,15,17,19). The number of carbonyl (C=O) groups is 1. The SMILES string of the molecule is Cc1cnc(NC(=O)c2sc(N3CCC(N)C3)nc2N)s1. The number of amides is 1. The third kappa shape index (κ3) is 2.99. The van der Waals surface area contributed by atoms with Crippen LogP contribution in [-0.4, -0.2) is 35.0 Å². The number of thiazole rings is 2. The Labute approximate surface area is 130 Å². The van der Waals surface area contributed by atoms with Gasteiger partial charge in [-0.3, -0.25) is 10.1 Å². The summed E-state index contributed by atoms with van der Waals surface area (Å²) < 4.78 is 0. The molecule has 0 radical (unpaired) electrons. The third-order valence-electron chi connectivity index (χ3n) is 3.19. The molecule has 0 saturated carbocycles. The van der Waals surface area contributed by atoms with Crippen LogP contribution in [0.1, 0.15) is 21.0 Å². The van der Waals surface area contributed by atoms with Crippen LogP contribution in [-0.2, 0) is 0 Å². The van der Waals surface area contributed by atoms with Crippen LogP contribution >= 0.6 is 22.7 Å². The minimum absolute atomic E-state index is 0.158. The maximum Gasteiger partial charge on any atom is 0.271 e. The first-order chi connectivity index (χ1) is 10.0. The quantitative estimate of drug-likeness (QED) is 0.784. The normalized spacial score (nSPS) is 18.2. The van der Waals surface area contributed by atoms with Crippen LogP contribution in [0.25, 0.3) is 0 Å². The largest absolute Gasteiger partial charge is 0.382 e. The van der Waals surface area contributed by atoms with Crippen molar-refractivity contribution >= 4 is 44.7 Å². The molecule has 2 aromatic heterocycles. The zero-order valence-corrected chi connectivity index (χ0v) is 13.1. The number of aryl methyl sites for hydroxylation is 1. The van der Waals surface area contributed by atoms with Crippen molar-refractivity contribution in [2.75, 3.05) is 29.0 Å². The highest BCUT2D eigenvalue weighted by molar-refractivity contribution is 7.18. The van der Waals surface area contributed by atoms with E-state index < -0.39 is 0 Å². The van der Waals surface area contributed by atoms with Crippen molar-refractivity contribution in [3.63, 3.8) is 0 Å². The Bertz CT molecular complexity index is 667. The van der Waals surface area contributed by atoms with Crippen LogP contribution in [0.5, 0.6) is 0 Å². The molecule has 1 fully saturated rings. The van der Waals surface area contributed by atoms with Gasteiger partial charge in [0.05, 0.1) is 0 Å². The number of nitrogens with zero attached hydrogens (tertiary/aromatic N) is 3. The molecule has 1 amide bonds. The van der Waals surface area contributed by atoms with E-state index in [4.69, 9.17) is 11.5 Å². The number of hydrogen-bond donors (Lipinski definition) is 3. The highest BCUT2D eigenvalue weighted by Crippen LogP contribution is 2.31. The molecule has 0 aliphatic carbocycles. The fraction of sp³-hybridized carbons (Fsp3) is 0.417. The molecule has 3 heterocycles. The van der Waals surface area contributed by atoms with Crippen molar-refractivity contribution in [1.29, 1.82) is 0 Å². The van der Waals surface area contributed by atoms with Gasteiger partial charge in [-0.05, 0) is 13.3 Å². The van der Waals surface area contributed by atoms with Gasteiger partial charge in [-0.15, -0.1) is 11.3 Å². The Kier molecular flexibility index (Phi) is 3.79. The van der Waals surface area contributed by atoms with E-state index in [0.717, 1.165) is 29.5 Å². The van der Waals surface area contributed by atoms with Crippen LogP contribution in [0.2, 0.25) is 0 Å². The molecule has 0 spiro atoms. The number of rotatable bonds is 3. The van der Waals surface area contributed by atoms with Crippen LogP contribution < -0.4 is 21.7 Å². The second kappa shape index (κ2) is 5.58.